The highest BCUT2D eigenvalue weighted by Crippen LogP contribution is 2.36. The third-order valence-corrected chi connectivity index (χ3v) is 9.25. The van der Waals surface area contributed by atoms with E-state index in [0.29, 0.717) is 13.2 Å². The molecule has 1 N–H and O–H groups in total. The highest BCUT2D eigenvalue weighted by Gasteiger charge is 2.59. The van der Waals surface area contributed by atoms with Crippen LogP contribution in [0.5, 0.6) is 0 Å². The van der Waals surface area contributed by atoms with E-state index in [0.717, 1.165) is 0 Å². The van der Waals surface area contributed by atoms with Gasteiger partial charge in [-0.25, -0.2) is 29.8 Å². The second-order valence-electron chi connectivity index (χ2n) is 6.38. The minimum atomic E-state index is -5.20. The largest absolute Gasteiger partial charge is 0.306 e. The number of halogens is 2. The van der Waals surface area contributed by atoms with Crippen molar-refractivity contribution in [2.24, 2.45) is 5.41 Å². The Morgan fingerprint density at radius 3 is 1.74 bits per heavy atom. The van der Waals surface area contributed by atoms with E-state index in [1.54, 1.807) is 0 Å². The van der Waals surface area contributed by atoms with Gasteiger partial charge in [-0.05, 0) is 6.92 Å². The van der Waals surface area contributed by atoms with Gasteiger partial charge in [0, 0.05) is 11.7 Å². The predicted molar refractivity (Wildman–Crippen MR) is 82.1 cm³/mol. The number of alkyl halides is 2. The van der Waals surface area contributed by atoms with Crippen LogP contribution in [0, 0.1) is 5.41 Å². The molecule has 0 bridgehead atoms. The second kappa shape index (κ2) is 6.45. The Bertz CT molecular complexity index is 704. The minimum absolute atomic E-state index is 0.469. The number of Topliss-reactive ketones (excluding diaryl/α,β-unsaturated/α-hetero) is 1. The summed E-state index contributed by atoms with van der Waals surface area (Å²) < 4.78 is 91.7. The zero-order valence-electron chi connectivity index (χ0n) is 13.3. The zero-order valence-corrected chi connectivity index (χ0v) is 15.7. The van der Waals surface area contributed by atoms with Crippen molar-refractivity contribution in [1.82, 2.24) is 0 Å². The molecule has 0 saturated heterocycles. The van der Waals surface area contributed by atoms with Crippen molar-refractivity contribution >= 4 is 36.5 Å². The molecule has 2 atom stereocenters. The fourth-order valence-corrected chi connectivity index (χ4v) is 6.64. The maximum atomic E-state index is 13.6. The summed E-state index contributed by atoms with van der Waals surface area (Å²) in [5, 5.41) is 0. The van der Waals surface area contributed by atoms with Crippen LogP contribution in [0.3, 0.4) is 0 Å². The highest BCUT2D eigenvalue weighted by molar-refractivity contribution is 8.11. The van der Waals surface area contributed by atoms with Gasteiger partial charge in [0.05, 0.1) is 0 Å². The van der Waals surface area contributed by atoms with E-state index in [4.69, 9.17) is 4.55 Å². The summed E-state index contributed by atoms with van der Waals surface area (Å²) in [4.78, 5) is 12.4. The van der Waals surface area contributed by atoms with Crippen LogP contribution < -0.4 is 0 Å². The molecule has 0 aliphatic rings. The topological polar surface area (TPSA) is 123 Å². The molecule has 2 unspecified atom stereocenters. The quantitative estimate of drug-likeness (QED) is 0.624. The monoisotopic (exact) mass is 398 g/mol. The van der Waals surface area contributed by atoms with Crippen molar-refractivity contribution in [3.8, 4) is 0 Å². The SMILES string of the molecule is CC(C)(C)C(=O)C(C)(S(C)(=O)=O)S(=O)(=O)CC(F)(F)CS(=O)O. The summed E-state index contributed by atoms with van der Waals surface area (Å²) >= 11 is -2.99. The molecule has 0 rings (SSSR count). The molecule has 0 saturated carbocycles. The lowest BCUT2D eigenvalue weighted by Gasteiger charge is -2.33. The number of hydrogen-bond donors (Lipinski definition) is 1. The predicted octanol–water partition coefficient (Wildman–Crippen LogP) is 0.634. The van der Waals surface area contributed by atoms with Gasteiger partial charge in [0.15, 0.2) is 36.5 Å². The van der Waals surface area contributed by atoms with Gasteiger partial charge >= 0.3 is 0 Å². The van der Waals surface area contributed by atoms with E-state index in [-0.39, 0.29) is 0 Å². The minimum Gasteiger partial charge on any atom is -0.306 e. The highest BCUT2D eigenvalue weighted by atomic mass is 32.3. The summed E-state index contributed by atoms with van der Waals surface area (Å²) in [6, 6.07) is 0. The lowest BCUT2D eigenvalue weighted by Crippen LogP contribution is -2.57. The summed E-state index contributed by atoms with van der Waals surface area (Å²) in [5.74, 6) is -9.14. The fourth-order valence-electron chi connectivity index (χ4n) is 1.86. The van der Waals surface area contributed by atoms with Crippen molar-refractivity contribution in [2.45, 2.75) is 37.7 Å². The number of carbonyl (C=O) groups is 1. The molecule has 0 aromatic carbocycles. The molecule has 7 nitrogen and oxygen atoms in total. The average Bonchev–Trinajstić information content (AvgIpc) is 2.19. The molecule has 0 heterocycles. The average molecular weight is 398 g/mol. The Balaban J connectivity index is 6.25. The molecule has 0 spiro atoms. The molecule has 0 aliphatic carbocycles. The van der Waals surface area contributed by atoms with Gasteiger partial charge in [0.1, 0.15) is 11.5 Å². The van der Waals surface area contributed by atoms with Gasteiger partial charge in [-0.2, -0.15) is 0 Å². The molecule has 0 fully saturated rings. The summed E-state index contributed by atoms with van der Waals surface area (Å²) in [7, 11) is -9.81. The van der Waals surface area contributed by atoms with E-state index in [9.17, 15) is 34.6 Å². The van der Waals surface area contributed by atoms with E-state index < -0.39 is 63.5 Å². The van der Waals surface area contributed by atoms with Crippen LogP contribution >= 0.6 is 0 Å². The Labute approximate surface area is 137 Å². The lowest BCUT2D eigenvalue weighted by atomic mass is 9.89. The van der Waals surface area contributed by atoms with Crippen molar-refractivity contribution in [2.75, 3.05) is 17.8 Å². The molecule has 0 aromatic rings. The van der Waals surface area contributed by atoms with Crippen LogP contribution in [-0.2, 0) is 35.5 Å². The Morgan fingerprint density at radius 2 is 1.48 bits per heavy atom. The molecular weight excluding hydrogens is 378 g/mol. The number of sulfone groups is 2. The Hall–Kier alpha value is -0.460. The molecule has 23 heavy (non-hydrogen) atoms. The smallest absolute Gasteiger partial charge is 0.275 e. The number of carbonyl (C=O) groups excluding carboxylic acids is 1. The van der Waals surface area contributed by atoms with Gasteiger partial charge in [-0.1, -0.05) is 20.8 Å². The summed E-state index contributed by atoms with van der Waals surface area (Å²) in [5.41, 5.74) is -1.43. The maximum absolute atomic E-state index is 13.6. The fraction of sp³-hybridized carbons (Fsp3) is 0.909. The summed E-state index contributed by atoms with van der Waals surface area (Å²) in [6.07, 6.45) is 0.469. The van der Waals surface area contributed by atoms with Crippen LogP contribution in [0.1, 0.15) is 27.7 Å². The first-order valence-electron chi connectivity index (χ1n) is 6.20. The first kappa shape index (κ1) is 22.5. The second-order valence-corrected chi connectivity index (χ2v) is 12.3. The third kappa shape index (κ3) is 5.00. The first-order valence-corrected chi connectivity index (χ1v) is 11.0. The molecule has 138 valence electrons. The molecule has 0 aromatic heterocycles. The van der Waals surface area contributed by atoms with E-state index >= 15 is 0 Å². The van der Waals surface area contributed by atoms with E-state index in [1.807, 2.05) is 0 Å². The van der Waals surface area contributed by atoms with E-state index in [2.05, 4.69) is 0 Å². The van der Waals surface area contributed by atoms with Gasteiger partial charge < -0.3 is 4.55 Å². The van der Waals surface area contributed by atoms with Crippen LogP contribution in [0.4, 0.5) is 8.78 Å². The molecular formula is C11H20F2O7S3. The number of ketones is 1. The summed E-state index contributed by atoms with van der Waals surface area (Å²) in [6.45, 7) is 4.34. The zero-order chi connectivity index (χ0) is 19.1. The lowest BCUT2D eigenvalue weighted by molar-refractivity contribution is -0.126. The van der Waals surface area contributed by atoms with Gasteiger partial charge in [-0.15, -0.1) is 0 Å². The van der Waals surface area contributed by atoms with Crippen LogP contribution in [0.25, 0.3) is 0 Å². The maximum Gasteiger partial charge on any atom is 0.275 e. The molecule has 0 amide bonds. The molecule has 12 heteroatoms. The third-order valence-electron chi connectivity index (χ3n) is 3.13. The number of rotatable bonds is 7. The Kier molecular flexibility index (Phi) is 6.32. The van der Waals surface area contributed by atoms with Gasteiger partial charge in [0.2, 0.25) is 4.08 Å². The van der Waals surface area contributed by atoms with Crippen LogP contribution in [-0.4, -0.2) is 59.1 Å². The van der Waals surface area contributed by atoms with Crippen LogP contribution in [0.15, 0.2) is 0 Å². The van der Waals surface area contributed by atoms with Crippen molar-refractivity contribution < 1.29 is 39.2 Å². The van der Waals surface area contributed by atoms with Crippen LogP contribution in [0.2, 0.25) is 0 Å². The van der Waals surface area contributed by atoms with Crippen molar-refractivity contribution in [3.05, 3.63) is 0 Å². The molecule has 0 radical (unpaired) electrons. The van der Waals surface area contributed by atoms with Crippen molar-refractivity contribution in [3.63, 3.8) is 0 Å². The Morgan fingerprint density at radius 1 is 1.09 bits per heavy atom. The standard InChI is InChI=1S/C11H20F2O7S3/c1-9(2,3)8(14)10(4,22(5,17)18)23(19,20)7-11(12,13)6-21(15)16/h6-7H2,1-5H3,(H,15,16). The molecule has 0 aliphatic heterocycles. The van der Waals surface area contributed by atoms with Gasteiger partial charge in [0.25, 0.3) is 5.92 Å². The normalized spacial score (nSPS) is 18.3. The van der Waals surface area contributed by atoms with Gasteiger partial charge in [-0.3, -0.25) is 4.79 Å². The van der Waals surface area contributed by atoms with Crippen molar-refractivity contribution in [1.29, 1.82) is 0 Å². The first-order chi connectivity index (χ1) is 9.78. The number of hydrogen-bond acceptors (Lipinski definition) is 6. The van der Waals surface area contributed by atoms with E-state index in [1.165, 1.54) is 20.8 Å².